The summed E-state index contributed by atoms with van der Waals surface area (Å²) in [6.07, 6.45) is 1.01. The largest absolute Gasteiger partial charge is 0.308 e. The zero-order chi connectivity index (χ0) is 13.8. The van der Waals surface area contributed by atoms with Gasteiger partial charge in [-0.3, -0.25) is 0 Å². The molecule has 0 radical (unpaired) electrons. The van der Waals surface area contributed by atoms with Gasteiger partial charge >= 0.3 is 0 Å². The van der Waals surface area contributed by atoms with E-state index in [-0.39, 0.29) is 0 Å². The van der Waals surface area contributed by atoms with Crippen LogP contribution >= 0.6 is 22.9 Å². The minimum absolute atomic E-state index is 0.291. The van der Waals surface area contributed by atoms with Crippen LogP contribution in [-0.4, -0.2) is 26.3 Å². The molecule has 2 aromatic heterocycles. The van der Waals surface area contributed by atoms with Crippen LogP contribution in [0.15, 0.2) is 0 Å². The summed E-state index contributed by atoms with van der Waals surface area (Å²) in [5.74, 6) is 0.358. The highest BCUT2D eigenvalue weighted by Crippen LogP contribution is 2.34. The summed E-state index contributed by atoms with van der Waals surface area (Å²) in [5.41, 5.74) is 1.02. The van der Waals surface area contributed by atoms with Crippen LogP contribution in [0.1, 0.15) is 56.8 Å². The van der Waals surface area contributed by atoms with E-state index in [2.05, 4.69) is 52.8 Å². The summed E-state index contributed by atoms with van der Waals surface area (Å²) in [5, 5.41) is 18.2. The summed E-state index contributed by atoms with van der Waals surface area (Å²) in [7, 11) is 0. The summed E-state index contributed by atoms with van der Waals surface area (Å²) < 4.78 is 4.05. The van der Waals surface area contributed by atoms with Gasteiger partial charge in [0.25, 0.3) is 0 Å². The molecule has 2 heterocycles. The van der Waals surface area contributed by atoms with Gasteiger partial charge in [0.05, 0.1) is 11.7 Å². The average molecular weight is 297 g/mol. The van der Waals surface area contributed by atoms with Gasteiger partial charge in [0.1, 0.15) is 9.88 Å². The van der Waals surface area contributed by atoms with Gasteiger partial charge in [-0.05, 0) is 30.4 Å². The molecule has 0 aliphatic heterocycles. The molecule has 1 N–H and O–H groups in total. The molecule has 7 heteroatoms. The van der Waals surface area contributed by atoms with E-state index >= 15 is 0 Å². The predicted molar refractivity (Wildman–Crippen MR) is 79.6 cm³/mol. The fourth-order valence-corrected chi connectivity index (χ4v) is 3.73. The fourth-order valence-electron chi connectivity index (χ4n) is 1.84. The maximum absolute atomic E-state index is 4.32. The summed E-state index contributed by atoms with van der Waals surface area (Å²) in [6, 6.07) is 0.291. The second-order valence-corrected chi connectivity index (χ2v) is 6.37. The molecule has 0 spiro atoms. The van der Waals surface area contributed by atoms with Crippen LogP contribution in [0, 0.1) is 0 Å². The monoisotopic (exact) mass is 297 g/mol. The minimum atomic E-state index is 0.291. The molecule has 2 aromatic rings. The van der Waals surface area contributed by atoms with E-state index in [1.165, 1.54) is 11.5 Å². The lowest BCUT2D eigenvalue weighted by molar-refractivity contribution is 0.531. The fraction of sp³-hybridized carbons (Fsp3) is 0.667. The molecule has 104 valence electrons. The number of nitrogens with zero attached hydrogens (tertiary/aromatic N) is 4. The lowest BCUT2D eigenvalue weighted by atomic mass is 10.1. The Morgan fingerprint density at radius 1 is 1.16 bits per heavy atom. The third-order valence-electron chi connectivity index (χ3n) is 2.85. The van der Waals surface area contributed by atoms with Gasteiger partial charge in [-0.15, -0.1) is 15.3 Å². The Morgan fingerprint density at radius 3 is 2.58 bits per heavy atom. The highest BCUT2D eigenvalue weighted by Gasteiger charge is 2.20. The molecule has 0 aliphatic rings. The van der Waals surface area contributed by atoms with E-state index in [0.717, 1.165) is 33.6 Å². The smallest absolute Gasteiger partial charge is 0.161 e. The maximum atomic E-state index is 4.32. The molecule has 2 rings (SSSR count). The summed E-state index contributed by atoms with van der Waals surface area (Å²) in [6.45, 7) is 9.44. The molecule has 0 saturated carbocycles. The van der Waals surface area contributed by atoms with Gasteiger partial charge in [-0.2, -0.15) is 0 Å². The van der Waals surface area contributed by atoms with Crippen LogP contribution in [0.3, 0.4) is 0 Å². The topological polar surface area (TPSA) is 63.6 Å². The van der Waals surface area contributed by atoms with Crippen molar-refractivity contribution in [2.75, 3.05) is 6.54 Å². The Morgan fingerprint density at radius 2 is 1.95 bits per heavy atom. The van der Waals surface area contributed by atoms with E-state index in [9.17, 15) is 0 Å². The molecular formula is C12H19N5S2. The number of hydrogen-bond acceptors (Lipinski definition) is 7. The van der Waals surface area contributed by atoms with Crippen molar-refractivity contribution in [2.45, 2.75) is 46.1 Å². The van der Waals surface area contributed by atoms with E-state index in [1.807, 2.05) is 0 Å². The SMILES string of the molecule is CCNC(CC)c1nnc(-c2snnc2C(C)C)s1. The zero-order valence-electron chi connectivity index (χ0n) is 11.7. The minimum Gasteiger partial charge on any atom is -0.308 e. The van der Waals surface area contributed by atoms with E-state index in [4.69, 9.17) is 0 Å². The first-order valence-corrected chi connectivity index (χ1v) is 8.15. The van der Waals surface area contributed by atoms with Crippen molar-refractivity contribution in [3.63, 3.8) is 0 Å². The lowest BCUT2D eigenvalue weighted by Gasteiger charge is -2.10. The Hall–Kier alpha value is -0.920. The third kappa shape index (κ3) is 3.16. The van der Waals surface area contributed by atoms with Gasteiger partial charge in [0.2, 0.25) is 0 Å². The molecule has 5 nitrogen and oxygen atoms in total. The Kier molecular flexibility index (Phi) is 4.95. The van der Waals surface area contributed by atoms with Crippen LogP contribution in [0.25, 0.3) is 9.88 Å². The molecule has 1 atom stereocenters. The van der Waals surface area contributed by atoms with Crippen LogP contribution in [-0.2, 0) is 0 Å². The van der Waals surface area contributed by atoms with E-state index in [0.29, 0.717) is 12.0 Å². The molecule has 0 saturated heterocycles. The average Bonchev–Trinajstić information content (AvgIpc) is 3.03. The lowest BCUT2D eigenvalue weighted by Crippen LogP contribution is -2.19. The van der Waals surface area contributed by atoms with Gasteiger partial charge in [0, 0.05) is 0 Å². The molecule has 0 bridgehead atoms. The maximum Gasteiger partial charge on any atom is 0.161 e. The van der Waals surface area contributed by atoms with Gasteiger partial charge in [-0.25, -0.2) is 0 Å². The standard InChI is InChI=1S/C12H19N5S2/c1-5-8(13-6-2)11-15-16-12(18-11)10-9(7(3)4)14-17-19-10/h7-8,13H,5-6H2,1-4H3. The summed E-state index contributed by atoms with van der Waals surface area (Å²) >= 11 is 3.04. The molecule has 19 heavy (non-hydrogen) atoms. The number of aromatic nitrogens is 4. The Bertz CT molecular complexity index is 520. The van der Waals surface area contributed by atoms with Crippen molar-refractivity contribution in [3.8, 4) is 9.88 Å². The second kappa shape index (κ2) is 6.49. The molecule has 0 amide bonds. The number of rotatable bonds is 6. The summed E-state index contributed by atoms with van der Waals surface area (Å²) in [4.78, 5) is 1.06. The number of hydrogen-bond donors (Lipinski definition) is 1. The van der Waals surface area contributed by atoms with Crippen molar-refractivity contribution in [2.24, 2.45) is 0 Å². The van der Waals surface area contributed by atoms with Crippen molar-refractivity contribution < 1.29 is 0 Å². The normalized spacial score (nSPS) is 13.1. The van der Waals surface area contributed by atoms with Crippen LogP contribution in [0.2, 0.25) is 0 Å². The van der Waals surface area contributed by atoms with E-state index < -0.39 is 0 Å². The predicted octanol–water partition coefficient (Wildman–Crippen LogP) is 3.24. The van der Waals surface area contributed by atoms with Crippen LogP contribution < -0.4 is 5.32 Å². The van der Waals surface area contributed by atoms with Crippen LogP contribution in [0.5, 0.6) is 0 Å². The Balaban J connectivity index is 2.27. The first-order chi connectivity index (χ1) is 9.17. The van der Waals surface area contributed by atoms with Gasteiger partial charge < -0.3 is 5.32 Å². The van der Waals surface area contributed by atoms with Crippen molar-refractivity contribution >= 4 is 22.9 Å². The second-order valence-electron chi connectivity index (χ2n) is 4.61. The van der Waals surface area contributed by atoms with Gasteiger partial charge in [0.15, 0.2) is 5.01 Å². The Labute approximate surface area is 121 Å². The number of nitrogens with one attached hydrogen (secondary N) is 1. The molecule has 0 aromatic carbocycles. The van der Waals surface area contributed by atoms with Crippen molar-refractivity contribution in [3.05, 3.63) is 10.7 Å². The van der Waals surface area contributed by atoms with Gasteiger partial charge in [-0.1, -0.05) is 43.5 Å². The zero-order valence-corrected chi connectivity index (χ0v) is 13.3. The molecule has 0 aliphatic carbocycles. The first kappa shape index (κ1) is 14.5. The molecule has 0 fully saturated rings. The highest BCUT2D eigenvalue weighted by molar-refractivity contribution is 7.19. The quantitative estimate of drug-likeness (QED) is 0.886. The first-order valence-electron chi connectivity index (χ1n) is 6.56. The third-order valence-corrected chi connectivity index (χ3v) is 4.78. The highest BCUT2D eigenvalue weighted by atomic mass is 32.1. The van der Waals surface area contributed by atoms with Crippen LogP contribution in [0.4, 0.5) is 0 Å². The molecule has 1 unspecified atom stereocenters. The van der Waals surface area contributed by atoms with Crippen molar-refractivity contribution in [1.82, 2.24) is 25.1 Å². The van der Waals surface area contributed by atoms with Crippen molar-refractivity contribution in [1.29, 1.82) is 0 Å². The van der Waals surface area contributed by atoms with E-state index in [1.54, 1.807) is 11.3 Å². The molecular weight excluding hydrogens is 278 g/mol.